The molecule has 0 radical (unpaired) electrons. The molecule has 0 aliphatic heterocycles. The van der Waals surface area contributed by atoms with E-state index >= 15 is 0 Å². The van der Waals surface area contributed by atoms with Gasteiger partial charge in [0.15, 0.2) is 5.96 Å². The zero-order valence-electron chi connectivity index (χ0n) is 16.3. The molecule has 1 saturated carbocycles. The zero-order valence-corrected chi connectivity index (χ0v) is 16.3. The minimum Gasteiger partial charge on any atom is -0.489 e. The molecule has 150 valence electrons. The first-order valence-electron chi connectivity index (χ1n) is 9.76. The lowest BCUT2D eigenvalue weighted by molar-refractivity contribution is -0.127. The van der Waals surface area contributed by atoms with Gasteiger partial charge >= 0.3 is 0 Å². The Bertz CT molecular complexity index is 620. The Morgan fingerprint density at radius 2 is 2.07 bits per heavy atom. The molecule has 1 aliphatic carbocycles. The molecule has 1 aliphatic rings. The summed E-state index contributed by atoms with van der Waals surface area (Å²) in [5.74, 6) is 1.31. The van der Waals surface area contributed by atoms with Crippen LogP contribution < -0.4 is 20.7 Å². The minimum atomic E-state index is -0.308. The van der Waals surface area contributed by atoms with Crippen molar-refractivity contribution in [3.05, 3.63) is 30.1 Å². The summed E-state index contributed by atoms with van der Waals surface area (Å²) in [6.07, 6.45) is 4.74. The molecule has 27 heavy (non-hydrogen) atoms. The number of halogens is 1. The summed E-state index contributed by atoms with van der Waals surface area (Å²) in [5, 5.41) is 9.43. The maximum absolute atomic E-state index is 13.3. The first-order chi connectivity index (χ1) is 13.1. The number of carbonyl (C=O) groups excluding carboxylic acids is 1. The van der Waals surface area contributed by atoms with Crippen LogP contribution in [-0.2, 0) is 4.79 Å². The quantitative estimate of drug-likeness (QED) is 0.332. The number of hydrogen-bond acceptors (Lipinski definition) is 3. The number of ether oxygens (including phenoxy) is 1. The Hall–Kier alpha value is -2.31. The topological polar surface area (TPSA) is 74.8 Å². The number of benzene rings is 1. The summed E-state index contributed by atoms with van der Waals surface area (Å²) >= 11 is 0. The van der Waals surface area contributed by atoms with Gasteiger partial charge in [0.05, 0.1) is 6.54 Å². The summed E-state index contributed by atoms with van der Waals surface area (Å²) in [6.45, 7) is 3.96. The molecule has 0 spiro atoms. The van der Waals surface area contributed by atoms with Gasteiger partial charge in [0.1, 0.15) is 17.7 Å². The molecular formula is C20H31FN4O2. The van der Waals surface area contributed by atoms with Gasteiger partial charge in [0.25, 0.3) is 0 Å². The van der Waals surface area contributed by atoms with E-state index in [0.29, 0.717) is 31.3 Å². The van der Waals surface area contributed by atoms with Crippen LogP contribution in [0.3, 0.4) is 0 Å². The fourth-order valence-electron chi connectivity index (χ4n) is 2.75. The molecule has 0 heterocycles. The van der Waals surface area contributed by atoms with Crippen molar-refractivity contribution in [2.24, 2.45) is 10.9 Å². The molecule has 0 saturated heterocycles. The van der Waals surface area contributed by atoms with Crippen molar-refractivity contribution in [2.75, 3.05) is 26.7 Å². The van der Waals surface area contributed by atoms with Gasteiger partial charge in [-0.1, -0.05) is 19.4 Å². The number of guanidine groups is 1. The molecule has 1 aromatic rings. The van der Waals surface area contributed by atoms with Crippen LogP contribution in [-0.4, -0.2) is 44.7 Å². The third-order valence-electron chi connectivity index (χ3n) is 4.70. The molecule has 6 nitrogen and oxygen atoms in total. The summed E-state index contributed by atoms with van der Waals surface area (Å²) in [7, 11) is 1.71. The first kappa shape index (κ1) is 21.0. The Labute approximate surface area is 161 Å². The van der Waals surface area contributed by atoms with Crippen molar-refractivity contribution < 1.29 is 13.9 Å². The van der Waals surface area contributed by atoms with E-state index in [1.54, 1.807) is 19.2 Å². The third-order valence-corrected chi connectivity index (χ3v) is 4.70. The number of hydrogen-bond donors (Lipinski definition) is 3. The van der Waals surface area contributed by atoms with Crippen LogP contribution >= 0.6 is 0 Å². The standard InChI is InChI=1S/C20H31FN4O2/c1-3-17(27-18-10-5-9-16(21)13-18)14-25-20(22-2)24-12-6-11-23-19(26)15-7-4-8-15/h5,9-10,13,15,17H,3-4,6-8,11-12,14H2,1-2H3,(H,23,26)(H2,22,24,25). The number of nitrogens with one attached hydrogen (secondary N) is 3. The van der Waals surface area contributed by atoms with E-state index < -0.39 is 0 Å². The fraction of sp³-hybridized carbons (Fsp3) is 0.600. The van der Waals surface area contributed by atoms with E-state index in [-0.39, 0.29) is 23.7 Å². The summed E-state index contributed by atoms with van der Waals surface area (Å²) in [6, 6.07) is 6.16. The van der Waals surface area contributed by atoms with Crippen LogP contribution in [0.2, 0.25) is 0 Å². The lowest BCUT2D eigenvalue weighted by atomic mass is 9.85. The molecule has 3 N–H and O–H groups in total. The molecule has 7 heteroatoms. The van der Waals surface area contributed by atoms with Crippen LogP contribution in [0, 0.1) is 11.7 Å². The summed E-state index contributed by atoms with van der Waals surface area (Å²) in [5.41, 5.74) is 0. The highest BCUT2D eigenvalue weighted by Crippen LogP contribution is 2.26. The number of aliphatic imine (C=N–C) groups is 1. The van der Waals surface area contributed by atoms with Gasteiger partial charge in [-0.15, -0.1) is 0 Å². The van der Waals surface area contributed by atoms with Crippen LogP contribution in [0.25, 0.3) is 0 Å². The van der Waals surface area contributed by atoms with Crippen molar-refractivity contribution in [1.29, 1.82) is 0 Å². The van der Waals surface area contributed by atoms with Gasteiger partial charge in [-0.3, -0.25) is 9.79 Å². The highest BCUT2D eigenvalue weighted by molar-refractivity contribution is 5.80. The number of rotatable bonds is 10. The van der Waals surface area contributed by atoms with E-state index in [9.17, 15) is 9.18 Å². The van der Waals surface area contributed by atoms with Gasteiger partial charge in [-0.25, -0.2) is 4.39 Å². The van der Waals surface area contributed by atoms with E-state index in [1.165, 1.54) is 18.6 Å². The van der Waals surface area contributed by atoms with Crippen LogP contribution in [0.4, 0.5) is 4.39 Å². The maximum atomic E-state index is 13.3. The Morgan fingerprint density at radius 1 is 1.30 bits per heavy atom. The molecule has 1 aromatic carbocycles. The zero-order chi connectivity index (χ0) is 19.5. The molecule has 2 rings (SSSR count). The molecular weight excluding hydrogens is 347 g/mol. The molecule has 1 fully saturated rings. The highest BCUT2D eigenvalue weighted by atomic mass is 19.1. The fourth-order valence-corrected chi connectivity index (χ4v) is 2.75. The predicted octanol–water partition coefficient (Wildman–Crippen LogP) is 2.45. The summed E-state index contributed by atoms with van der Waals surface area (Å²) < 4.78 is 19.1. The van der Waals surface area contributed by atoms with E-state index in [1.807, 2.05) is 6.92 Å². The summed E-state index contributed by atoms with van der Waals surface area (Å²) in [4.78, 5) is 15.9. The normalized spacial score (nSPS) is 15.6. The monoisotopic (exact) mass is 378 g/mol. The predicted molar refractivity (Wildman–Crippen MR) is 105 cm³/mol. The van der Waals surface area contributed by atoms with E-state index in [2.05, 4.69) is 20.9 Å². The minimum absolute atomic E-state index is 0.0906. The Kier molecular flexibility index (Phi) is 8.87. The van der Waals surface area contributed by atoms with E-state index in [4.69, 9.17) is 4.74 Å². The molecule has 1 amide bonds. The van der Waals surface area contributed by atoms with Gasteiger partial charge < -0.3 is 20.7 Å². The van der Waals surface area contributed by atoms with Crippen molar-refractivity contribution >= 4 is 11.9 Å². The van der Waals surface area contributed by atoms with E-state index in [0.717, 1.165) is 25.7 Å². The number of nitrogens with zero attached hydrogens (tertiary/aromatic N) is 1. The van der Waals surface area contributed by atoms with Crippen molar-refractivity contribution in [3.8, 4) is 5.75 Å². The third kappa shape index (κ3) is 7.45. The lowest BCUT2D eigenvalue weighted by Gasteiger charge is -2.24. The molecule has 1 unspecified atom stereocenters. The maximum Gasteiger partial charge on any atom is 0.223 e. The first-order valence-corrected chi connectivity index (χ1v) is 9.76. The van der Waals surface area contributed by atoms with Gasteiger partial charge in [0.2, 0.25) is 5.91 Å². The van der Waals surface area contributed by atoms with Gasteiger partial charge in [-0.2, -0.15) is 0 Å². The highest BCUT2D eigenvalue weighted by Gasteiger charge is 2.24. The largest absolute Gasteiger partial charge is 0.489 e. The smallest absolute Gasteiger partial charge is 0.223 e. The number of carbonyl (C=O) groups is 1. The Balaban J connectivity index is 1.62. The second kappa shape index (κ2) is 11.4. The second-order valence-corrected chi connectivity index (χ2v) is 6.76. The van der Waals surface area contributed by atoms with Gasteiger partial charge in [-0.05, 0) is 37.8 Å². The molecule has 0 bridgehead atoms. The van der Waals surface area contributed by atoms with Crippen LogP contribution in [0.15, 0.2) is 29.3 Å². The number of amides is 1. The van der Waals surface area contributed by atoms with Crippen molar-refractivity contribution in [1.82, 2.24) is 16.0 Å². The molecule has 1 atom stereocenters. The second-order valence-electron chi connectivity index (χ2n) is 6.76. The van der Waals surface area contributed by atoms with Crippen LogP contribution in [0.5, 0.6) is 5.75 Å². The Morgan fingerprint density at radius 3 is 2.70 bits per heavy atom. The van der Waals surface area contributed by atoms with Crippen LogP contribution in [0.1, 0.15) is 39.0 Å². The SMILES string of the molecule is CCC(CNC(=NC)NCCCNC(=O)C1CCC1)Oc1cccc(F)c1. The van der Waals surface area contributed by atoms with Crippen molar-refractivity contribution in [2.45, 2.75) is 45.1 Å². The van der Waals surface area contributed by atoms with Gasteiger partial charge in [0, 0.05) is 32.1 Å². The average Bonchev–Trinajstić information content (AvgIpc) is 2.61. The van der Waals surface area contributed by atoms with Crippen molar-refractivity contribution in [3.63, 3.8) is 0 Å². The lowest BCUT2D eigenvalue weighted by Crippen LogP contribution is -2.43. The molecule has 0 aromatic heterocycles. The average molecular weight is 378 g/mol.